The lowest BCUT2D eigenvalue weighted by Gasteiger charge is -2.07. The minimum absolute atomic E-state index is 0.128. The van der Waals surface area contributed by atoms with Gasteiger partial charge in [0, 0.05) is 0 Å². The molecule has 26 heavy (non-hydrogen) atoms. The second-order valence-electron chi connectivity index (χ2n) is 5.68. The average molecular weight is 369 g/mol. The molecule has 0 spiro atoms. The normalized spacial score (nSPS) is 13.2. The van der Waals surface area contributed by atoms with Crippen molar-refractivity contribution >= 4 is 39.2 Å². The molecular formula is C19H15NO5S. The van der Waals surface area contributed by atoms with Gasteiger partial charge in [-0.3, -0.25) is 4.79 Å². The molecule has 0 saturated carbocycles. The summed E-state index contributed by atoms with van der Waals surface area (Å²) in [5.41, 5.74) is 2.24. The molecule has 7 heteroatoms. The van der Waals surface area contributed by atoms with Crippen molar-refractivity contribution in [2.75, 3.05) is 13.9 Å². The minimum atomic E-state index is -0.914. The molecule has 0 aliphatic carbocycles. The molecule has 0 radical (unpaired) electrons. The Morgan fingerprint density at radius 2 is 2.19 bits per heavy atom. The van der Waals surface area contributed by atoms with E-state index in [0.29, 0.717) is 27.8 Å². The van der Waals surface area contributed by atoms with E-state index in [1.165, 1.54) is 11.3 Å². The SMILES string of the molecule is COc1cc(C=C(CC(=O)O)c2nc3ccccc3s2)cc2c1OCO2. The van der Waals surface area contributed by atoms with Gasteiger partial charge in [0.05, 0.1) is 23.7 Å². The number of benzene rings is 2. The summed E-state index contributed by atoms with van der Waals surface area (Å²) in [6.07, 6.45) is 1.67. The second-order valence-corrected chi connectivity index (χ2v) is 6.71. The number of carboxylic acid groups (broad SMARTS) is 1. The smallest absolute Gasteiger partial charge is 0.307 e. The first-order valence-corrected chi connectivity index (χ1v) is 8.71. The van der Waals surface area contributed by atoms with E-state index in [4.69, 9.17) is 14.2 Å². The topological polar surface area (TPSA) is 77.9 Å². The van der Waals surface area contributed by atoms with Gasteiger partial charge >= 0.3 is 5.97 Å². The molecule has 1 N–H and O–H groups in total. The van der Waals surface area contributed by atoms with E-state index in [2.05, 4.69) is 4.98 Å². The van der Waals surface area contributed by atoms with Crippen LogP contribution in [0.5, 0.6) is 17.2 Å². The molecule has 0 amide bonds. The van der Waals surface area contributed by atoms with E-state index in [0.717, 1.165) is 15.8 Å². The molecule has 132 valence electrons. The molecule has 2 aromatic carbocycles. The third-order valence-electron chi connectivity index (χ3n) is 3.93. The number of carboxylic acids is 1. The Morgan fingerprint density at radius 3 is 2.96 bits per heavy atom. The molecule has 2 heterocycles. The summed E-state index contributed by atoms with van der Waals surface area (Å²) < 4.78 is 17.2. The van der Waals surface area contributed by atoms with E-state index >= 15 is 0 Å². The van der Waals surface area contributed by atoms with Crippen molar-refractivity contribution in [1.29, 1.82) is 0 Å². The number of thiazole rings is 1. The third kappa shape index (κ3) is 3.09. The third-order valence-corrected chi connectivity index (χ3v) is 5.04. The molecule has 3 aromatic rings. The summed E-state index contributed by atoms with van der Waals surface area (Å²) in [5.74, 6) is 0.771. The number of hydrogen-bond acceptors (Lipinski definition) is 6. The van der Waals surface area contributed by atoms with Crippen molar-refractivity contribution in [1.82, 2.24) is 4.98 Å². The van der Waals surface area contributed by atoms with Crippen LogP contribution in [0, 0.1) is 0 Å². The highest BCUT2D eigenvalue weighted by molar-refractivity contribution is 7.19. The predicted octanol–water partition coefficient (Wildman–Crippen LogP) is 4.05. The van der Waals surface area contributed by atoms with Crippen LogP contribution in [-0.4, -0.2) is 30.0 Å². The summed E-state index contributed by atoms with van der Waals surface area (Å²) in [6, 6.07) is 11.3. The van der Waals surface area contributed by atoms with Crippen LogP contribution < -0.4 is 14.2 Å². The molecule has 0 unspecified atom stereocenters. The molecule has 4 rings (SSSR count). The van der Waals surface area contributed by atoms with Crippen molar-refractivity contribution < 1.29 is 24.1 Å². The van der Waals surface area contributed by atoms with E-state index < -0.39 is 5.97 Å². The Morgan fingerprint density at radius 1 is 1.35 bits per heavy atom. The van der Waals surface area contributed by atoms with Crippen LogP contribution in [0.25, 0.3) is 21.9 Å². The quantitative estimate of drug-likeness (QED) is 0.731. The van der Waals surface area contributed by atoms with Gasteiger partial charge in [-0.15, -0.1) is 11.3 Å². The molecule has 0 saturated heterocycles. The monoisotopic (exact) mass is 369 g/mol. The van der Waals surface area contributed by atoms with E-state index in [1.807, 2.05) is 24.3 Å². The first-order valence-electron chi connectivity index (χ1n) is 7.90. The lowest BCUT2D eigenvalue weighted by Crippen LogP contribution is -1.97. The zero-order chi connectivity index (χ0) is 18.1. The van der Waals surface area contributed by atoms with Crippen LogP contribution in [0.2, 0.25) is 0 Å². The number of carbonyl (C=O) groups is 1. The summed E-state index contributed by atoms with van der Waals surface area (Å²) in [4.78, 5) is 15.9. The molecule has 0 fully saturated rings. The number of fused-ring (bicyclic) bond motifs is 2. The average Bonchev–Trinajstić information content (AvgIpc) is 3.26. The Labute approximate surface area is 153 Å². The second kappa shape index (κ2) is 6.68. The number of hydrogen-bond donors (Lipinski definition) is 1. The Bertz CT molecular complexity index is 991. The van der Waals surface area contributed by atoms with Gasteiger partial charge in [0.25, 0.3) is 0 Å². The first-order chi connectivity index (χ1) is 12.6. The predicted molar refractivity (Wildman–Crippen MR) is 98.9 cm³/mol. The maximum atomic E-state index is 11.4. The van der Waals surface area contributed by atoms with Crippen molar-refractivity contribution in [2.45, 2.75) is 6.42 Å². The van der Waals surface area contributed by atoms with Gasteiger partial charge in [0.15, 0.2) is 11.5 Å². The summed E-state index contributed by atoms with van der Waals surface area (Å²) in [7, 11) is 1.55. The fraction of sp³-hybridized carbons (Fsp3) is 0.158. The maximum Gasteiger partial charge on any atom is 0.307 e. The number of aliphatic carboxylic acids is 1. The number of nitrogens with zero attached hydrogens (tertiary/aromatic N) is 1. The zero-order valence-electron chi connectivity index (χ0n) is 13.9. The van der Waals surface area contributed by atoms with Crippen LogP contribution in [0.3, 0.4) is 0 Å². The highest BCUT2D eigenvalue weighted by Gasteiger charge is 2.20. The van der Waals surface area contributed by atoms with Crippen molar-refractivity contribution in [3.05, 3.63) is 47.0 Å². The molecule has 0 bridgehead atoms. The number of methoxy groups -OCH3 is 1. The fourth-order valence-corrected chi connectivity index (χ4v) is 3.77. The highest BCUT2D eigenvalue weighted by atomic mass is 32.1. The van der Waals surface area contributed by atoms with Gasteiger partial charge in [-0.1, -0.05) is 12.1 Å². The van der Waals surface area contributed by atoms with Gasteiger partial charge in [-0.05, 0) is 41.5 Å². The molecule has 6 nitrogen and oxygen atoms in total. The number of para-hydroxylation sites is 1. The van der Waals surface area contributed by atoms with E-state index in [-0.39, 0.29) is 13.2 Å². The first kappa shape index (κ1) is 16.4. The molecule has 1 aliphatic heterocycles. The molecule has 0 atom stereocenters. The van der Waals surface area contributed by atoms with Gasteiger partial charge in [-0.25, -0.2) is 4.98 Å². The standard InChI is InChI=1S/C19H15NO5S/c1-23-14-7-11(8-15-18(14)25-10-24-15)6-12(9-17(21)22)19-20-13-4-2-3-5-16(13)26-19/h2-8H,9-10H2,1H3,(H,21,22). The van der Waals surface area contributed by atoms with Crippen LogP contribution in [-0.2, 0) is 4.79 Å². The molecule has 1 aliphatic rings. The highest BCUT2D eigenvalue weighted by Crippen LogP contribution is 2.42. The van der Waals surface area contributed by atoms with Crippen molar-refractivity contribution in [3.63, 3.8) is 0 Å². The Balaban J connectivity index is 1.80. The number of aromatic nitrogens is 1. The van der Waals surface area contributed by atoms with Crippen LogP contribution in [0.4, 0.5) is 0 Å². The molecular weight excluding hydrogens is 354 g/mol. The number of ether oxygens (including phenoxy) is 3. The summed E-state index contributed by atoms with van der Waals surface area (Å²) in [5, 5.41) is 10.0. The summed E-state index contributed by atoms with van der Waals surface area (Å²) in [6.45, 7) is 0.138. The van der Waals surface area contributed by atoms with E-state index in [1.54, 1.807) is 25.3 Å². The minimum Gasteiger partial charge on any atom is -0.493 e. The maximum absolute atomic E-state index is 11.4. The lowest BCUT2D eigenvalue weighted by molar-refractivity contribution is -0.135. The van der Waals surface area contributed by atoms with Gasteiger partial charge in [0.2, 0.25) is 12.5 Å². The number of rotatable bonds is 5. The van der Waals surface area contributed by atoms with Gasteiger partial charge in [0.1, 0.15) is 5.01 Å². The van der Waals surface area contributed by atoms with Gasteiger partial charge in [-0.2, -0.15) is 0 Å². The lowest BCUT2D eigenvalue weighted by atomic mass is 10.1. The largest absolute Gasteiger partial charge is 0.493 e. The fourth-order valence-electron chi connectivity index (χ4n) is 2.80. The summed E-state index contributed by atoms with van der Waals surface area (Å²) >= 11 is 1.47. The van der Waals surface area contributed by atoms with Crippen molar-refractivity contribution in [2.24, 2.45) is 0 Å². The van der Waals surface area contributed by atoms with E-state index in [9.17, 15) is 9.90 Å². The molecule has 1 aromatic heterocycles. The van der Waals surface area contributed by atoms with Crippen molar-refractivity contribution in [3.8, 4) is 17.2 Å². The van der Waals surface area contributed by atoms with Crippen LogP contribution in [0.1, 0.15) is 17.0 Å². The van der Waals surface area contributed by atoms with Gasteiger partial charge < -0.3 is 19.3 Å². The Kier molecular flexibility index (Phi) is 4.22. The van der Waals surface area contributed by atoms with Crippen LogP contribution >= 0.6 is 11.3 Å². The van der Waals surface area contributed by atoms with Crippen LogP contribution in [0.15, 0.2) is 36.4 Å². The Hall–Kier alpha value is -3.06. The zero-order valence-corrected chi connectivity index (χ0v) is 14.7.